The standard InChI is InChI=1S/C12H14Cl2O3/c1-12(2,3)17-11(16)7-4-5-9(13)8(6-15)10(7)14/h4-5,15H,6H2,1-3H3. The van der Waals surface area contributed by atoms with Crippen molar-refractivity contribution in [2.24, 2.45) is 0 Å². The van der Waals surface area contributed by atoms with Gasteiger partial charge in [-0.3, -0.25) is 0 Å². The van der Waals surface area contributed by atoms with Crippen LogP contribution in [0.4, 0.5) is 0 Å². The third kappa shape index (κ3) is 3.60. The number of aliphatic hydroxyl groups is 1. The average Bonchev–Trinajstić information content (AvgIpc) is 2.15. The number of aliphatic hydroxyl groups excluding tert-OH is 1. The molecule has 0 heterocycles. The van der Waals surface area contributed by atoms with Gasteiger partial charge in [-0.25, -0.2) is 4.79 Å². The van der Waals surface area contributed by atoms with Gasteiger partial charge in [-0.15, -0.1) is 0 Å². The molecule has 0 fully saturated rings. The van der Waals surface area contributed by atoms with Gasteiger partial charge in [0.15, 0.2) is 0 Å². The minimum absolute atomic E-state index is 0.134. The first-order valence-electron chi connectivity index (χ1n) is 5.07. The van der Waals surface area contributed by atoms with Crippen molar-refractivity contribution in [3.8, 4) is 0 Å². The lowest BCUT2D eigenvalue weighted by molar-refractivity contribution is 0.00696. The van der Waals surface area contributed by atoms with E-state index in [0.29, 0.717) is 10.6 Å². The Morgan fingerprint density at radius 2 is 1.94 bits per heavy atom. The highest BCUT2D eigenvalue weighted by atomic mass is 35.5. The number of carbonyl (C=O) groups is 1. The topological polar surface area (TPSA) is 46.5 Å². The summed E-state index contributed by atoms with van der Waals surface area (Å²) in [5, 5.41) is 9.57. The first-order chi connectivity index (χ1) is 7.76. The summed E-state index contributed by atoms with van der Waals surface area (Å²) in [5.74, 6) is -0.533. The van der Waals surface area contributed by atoms with E-state index in [2.05, 4.69) is 0 Å². The maximum absolute atomic E-state index is 11.8. The van der Waals surface area contributed by atoms with Crippen LogP contribution in [0.2, 0.25) is 10.0 Å². The number of carbonyl (C=O) groups excluding carboxylic acids is 1. The highest BCUT2D eigenvalue weighted by molar-refractivity contribution is 6.37. The third-order valence-corrected chi connectivity index (χ3v) is 2.75. The Kier molecular flexibility index (Phi) is 4.42. The van der Waals surface area contributed by atoms with E-state index >= 15 is 0 Å². The van der Waals surface area contributed by atoms with Crippen LogP contribution >= 0.6 is 23.2 Å². The van der Waals surface area contributed by atoms with Gasteiger partial charge in [-0.2, -0.15) is 0 Å². The molecule has 0 bridgehead atoms. The van der Waals surface area contributed by atoms with Gasteiger partial charge in [0.25, 0.3) is 0 Å². The molecule has 1 rings (SSSR count). The predicted octanol–water partition coefficient (Wildman–Crippen LogP) is 3.44. The lowest BCUT2D eigenvalue weighted by Gasteiger charge is -2.20. The predicted molar refractivity (Wildman–Crippen MR) is 67.6 cm³/mol. The molecule has 0 amide bonds. The van der Waals surface area contributed by atoms with Crippen molar-refractivity contribution in [1.82, 2.24) is 0 Å². The molecule has 3 nitrogen and oxygen atoms in total. The largest absolute Gasteiger partial charge is 0.456 e. The van der Waals surface area contributed by atoms with Crippen molar-refractivity contribution in [1.29, 1.82) is 0 Å². The van der Waals surface area contributed by atoms with Crippen molar-refractivity contribution in [2.45, 2.75) is 33.0 Å². The number of ether oxygens (including phenoxy) is 1. The van der Waals surface area contributed by atoms with Gasteiger partial charge < -0.3 is 9.84 Å². The molecule has 0 unspecified atom stereocenters. The number of benzene rings is 1. The number of hydrogen-bond donors (Lipinski definition) is 1. The van der Waals surface area contributed by atoms with Crippen LogP contribution in [-0.2, 0) is 11.3 Å². The molecule has 0 aliphatic rings. The highest BCUT2D eigenvalue weighted by Crippen LogP contribution is 2.29. The minimum atomic E-state index is -0.598. The highest BCUT2D eigenvalue weighted by Gasteiger charge is 2.22. The van der Waals surface area contributed by atoms with E-state index in [9.17, 15) is 4.79 Å². The molecule has 17 heavy (non-hydrogen) atoms. The molecular weight excluding hydrogens is 263 g/mol. The molecule has 0 atom stereocenters. The van der Waals surface area contributed by atoms with Crippen LogP contribution in [0.1, 0.15) is 36.7 Å². The van der Waals surface area contributed by atoms with E-state index in [1.165, 1.54) is 12.1 Å². The summed E-state index contributed by atoms with van der Waals surface area (Å²) >= 11 is 11.8. The molecule has 0 saturated heterocycles. The van der Waals surface area contributed by atoms with Crippen molar-refractivity contribution in [3.63, 3.8) is 0 Å². The quantitative estimate of drug-likeness (QED) is 0.842. The second kappa shape index (κ2) is 5.25. The van der Waals surface area contributed by atoms with Crippen LogP contribution in [0.15, 0.2) is 12.1 Å². The van der Waals surface area contributed by atoms with Crippen molar-refractivity contribution >= 4 is 29.2 Å². The lowest BCUT2D eigenvalue weighted by atomic mass is 10.1. The first kappa shape index (κ1) is 14.3. The van der Waals surface area contributed by atoms with Gasteiger partial charge in [-0.05, 0) is 32.9 Å². The summed E-state index contributed by atoms with van der Waals surface area (Å²) in [7, 11) is 0. The van der Waals surface area contributed by atoms with Crippen LogP contribution in [0.25, 0.3) is 0 Å². The summed E-state index contributed by atoms with van der Waals surface area (Å²) in [6, 6.07) is 3.00. The van der Waals surface area contributed by atoms with Gasteiger partial charge in [0, 0.05) is 10.6 Å². The molecule has 0 saturated carbocycles. The fraction of sp³-hybridized carbons (Fsp3) is 0.417. The fourth-order valence-electron chi connectivity index (χ4n) is 1.23. The summed E-state index contributed by atoms with van der Waals surface area (Å²) in [4.78, 5) is 11.8. The van der Waals surface area contributed by atoms with Gasteiger partial charge in [0.05, 0.1) is 17.2 Å². The Morgan fingerprint density at radius 3 is 2.41 bits per heavy atom. The van der Waals surface area contributed by atoms with E-state index in [-0.39, 0.29) is 17.2 Å². The summed E-state index contributed by atoms with van der Waals surface area (Å²) in [6.45, 7) is 4.97. The number of rotatable bonds is 2. The van der Waals surface area contributed by atoms with Crippen molar-refractivity contribution in [2.75, 3.05) is 0 Å². The molecule has 1 N–H and O–H groups in total. The van der Waals surface area contributed by atoms with Crippen LogP contribution in [-0.4, -0.2) is 16.7 Å². The van der Waals surface area contributed by atoms with E-state index < -0.39 is 11.6 Å². The Hall–Kier alpha value is -0.770. The average molecular weight is 277 g/mol. The normalized spacial score (nSPS) is 11.4. The van der Waals surface area contributed by atoms with Gasteiger partial charge >= 0.3 is 5.97 Å². The number of esters is 1. The van der Waals surface area contributed by atoms with Crippen LogP contribution in [0.3, 0.4) is 0 Å². The Balaban J connectivity index is 3.12. The molecule has 94 valence electrons. The summed E-state index contributed by atoms with van der Waals surface area (Å²) < 4.78 is 5.20. The molecular formula is C12H14Cl2O3. The molecule has 0 aliphatic carbocycles. The Morgan fingerprint density at radius 1 is 1.35 bits per heavy atom. The SMILES string of the molecule is CC(C)(C)OC(=O)c1ccc(Cl)c(CO)c1Cl. The molecule has 0 aliphatic heterocycles. The van der Waals surface area contributed by atoms with Crippen molar-refractivity contribution < 1.29 is 14.6 Å². The van der Waals surface area contributed by atoms with Gasteiger partial charge in [0.2, 0.25) is 0 Å². The second-order valence-corrected chi connectivity index (χ2v) is 5.33. The van der Waals surface area contributed by atoms with E-state index in [1.807, 2.05) is 0 Å². The zero-order valence-corrected chi connectivity index (χ0v) is 11.4. The summed E-state index contributed by atoms with van der Waals surface area (Å²) in [5.41, 5.74) is -0.0638. The second-order valence-electron chi connectivity index (χ2n) is 4.55. The van der Waals surface area contributed by atoms with E-state index in [4.69, 9.17) is 33.0 Å². The summed E-state index contributed by atoms with van der Waals surface area (Å²) in [6.07, 6.45) is 0. The van der Waals surface area contributed by atoms with Crippen LogP contribution < -0.4 is 0 Å². The van der Waals surface area contributed by atoms with Crippen LogP contribution in [0.5, 0.6) is 0 Å². The van der Waals surface area contributed by atoms with E-state index in [1.54, 1.807) is 20.8 Å². The Labute approximate surface area is 110 Å². The van der Waals surface area contributed by atoms with E-state index in [0.717, 1.165) is 0 Å². The first-order valence-corrected chi connectivity index (χ1v) is 5.83. The lowest BCUT2D eigenvalue weighted by Crippen LogP contribution is -2.24. The zero-order chi connectivity index (χ0) is 13.2. The maximum Gasteiger partial charge on any atom is 0.340 e. The van der Waals surface area contributed by atoms with Crippen LogP contribution in [0, 0.1) is 0 Å². The molecule has 1 aromatic carbocycles. The molecule has 5 heteroatoms. The van der Waals surface area contributed by atoms with Gasteiger partial charge in [-0.1, -0.05) is 23.2 Å². The molecule has 0 radical (unpaired) electrons. The van der Waals surface area contributed by atoms with Crippen molar-refractivity contribution in [3.05, 3.63) is 33.3 Å². The third-order valence-electron chi connectivity index (χ3n) is 1.96. The Bertz CT molecular complexity index is 436. The maximum atomic E-state index is 11.8. The minimum Gasteiger partial charge on any atom is -0.456 e. The number of halogens is 2. The fourth-order valence-corrected chi connectivity index (χ4v) is 1.80. The molecule has 0 spiro atoms. The monoisotopic (exact) mass is 276 g/mol. The molecule has 0 aromatic heterocycles. The van der Waals surface area contributed by atoms with Gasteiger partial charge in [0.1, 0.15) is 5.60 Å². The zero-order valence-electron chi connectivity index (χ0n) is 9.88. The smallest absolute Gasteiger partial charge is 0.340 e. The molecule has 1 aromatic rings. The number of hydrogen-bond acceptors (Lipinski definition) is 3.